The molecule has 148 valence electrons. The molecule has 2 rings (SSSR count). The highest BCUT2D eigenvalue weighted by Gasteiger charge is 2.25. The molecule has 0 saturated heterocycles. The van der Waals surface area contributed by atoms with Gasteiger partial charge in [-0.3, -0.25) is 9.59 Å². The summed E-state index contributed by atoms with van der Waals surface area (Å²) in [5, 5.41) is 7.79. The maximum atomic E-state index is 12.3. The maximum Gasteiger partial charge on any atom is 0.321 e. The number of aryl methyl sites for hydroxylation is 1. The summed E-state index contributed by atoms with van der Waals surface area (Å²) in [6.07, 6.45) is 0.711. The molecule has 2 aromatic rings. The third kappa shape index (κ3) is 6.45. The van der Waals surface area contributed by atoms with Crippen LogP contribution in [0.1, 0.15) is 31.9 Å². The van der Waals surface area contributed by atoms with E-state index in [-0.39, 0.29) is 10.0 Å². The van der Waals surface area contributed by atoms with Crippen LogP contribution in [0.3, 0.4) is 0 Å². The summed E-state index contributed by atoms with van der Waals surface area (Å²) < 4.78 is 36.4. The van der Waals surface area contributed by atoms with Gasteiger partial charge in [0, 0.05) is 6.07 Å². The Morgan fingerprint density at radius 2 is 2.19 bits per heavy atom. The second kappa shape index (κ2) is 9.62. The van der Waals surface area contributed by atoms with Crippen molar-refractivity contribution in [2.24, 2.45) is 0 Å². The highest BCUT2D eigenvalue weighted by molar-refractivity contribution is 7.91. The molecular formula is C16H21N3O6S2. The van der Waals surface area contributed by atoms with Crippen LogP contribution in [0.5, 0.6) is 0 Å². The van der Waals surface area contributed by atoms with Gasteiger partial charge in [0.2, 0.25) is 0 Å². The first-order valence-corrected chi connectivity index (χ1v) is 10.6. The lowest BCUT2D eigenvalue weighted by molar-refractivity contribution is -0.153. The summed E-state index contributed by atoms with van der Waals surface area (Å²) in [6, 6.07) is 4.55. The zero-order valence-corrected chi connectivity index (χ0v) is 16.6. The molecule has 2 aromatic heterocycles. The fourth-order valence-electron chi connectivity index (χ4n) is 2.11. The van der Waals surface area contributed by atoms with Crippen LogP contribution >= 0.6 is 11.3 Å². The van der Waals surface area contributed by atoms with E-state index in [1.807, 2.05) is 6.92 Å². The molecule has 11 heteroatoms. The normalized spacial score (nSPS) is 12.5. The molecule has 0 aliphatic heterocycles. The molecule has 1 amide bonds. The molecule has 0 aliphatic carbocycles. The van der Waals surface area contributed by atoms with Gasteiger partial charge in [0.15, 0.2) is 11.9 Å². The minimum absolute atomic E-state index is 0.0944. The number of carbonyl (C=O) groups excluding carboxylic acids is 2. The fraction of sp³-hybridized carbons (Fsp3) is 0.438. The Balaban J connectivity index is 1.93. The average Bonchev–Trinajstić information content (AvgIpc) is 3.29. The van der Waals surface area contributed by atoms with Gasteiger partial charge in [0.05, 0.1) is 0 Å². The van der Waals surface area contributed by atoms with E-state index in [4.69, 9.17) is 9.26 Å². The minimum atomic E-state index is -3.79. The van der Waals surface area contributed by atoms with Gasteiger partial charge in [0.1, 0.15) is 16.5 Å². The van der Waals surface area contributed by atoms with Crippen LogP contribution in [-0.4, -0.2) is 38.1 Å². The Bertz CT molecular complexity index is 861. The number of esters is 1. The lowest BCUT2D eigenvalue weighted by atomic mass is 10.1. The van der Waals surface area contributed by atoms with Crippen molar-refractivity contribution in [3.63, 3.8) is 0 Å². The van der Waals surface area contributed by atoms with E-state index in [0.29, 0.717) is 18.6 Å². The van der Waals surface area contributed by atoms with Crippen molar-refractivity contribution in [3.05, 3.63) is 29.3 Å². The van der Waals surface area contributed by atoms with Gasteiger partial charge in [-0.05, 0) is 31.2 Å². The smallest absolute Gasteiger partial charge is 0.321 e. The Hall–Kier alpha value is -2.24. The second-order valence-electron chi connectivity index (χ2n) is 5.69. The summed E-state index contributed by atoms with van der Waals surface area (Å²) in [7, 11) is -3.79. The van der Waals surface area contributed by atoms with Gasteiger partial charge in [-0.2, -0.15) is 4.72 Å². The highest BCUT2D eigenvalue weighted by atomic mass is 32.2. The number of amides is 1. The van der Waals surface area contributed by atoms with E-state index in [2.05, 4.69) is 15.2 Å². The number of thiophene rings is 1. The number of aromatic nitrogens is 1. The van der Waals surface area contributed by atoms with Crippen LogP contribution in [0.2, 0.25) is 0 Å². The largest absolute Gasteiger partial charge is 0.451 e. The molecule has 2 heterocycles. The first-order chi connectivity index (χ1) is 12.8. The number of nitrogens with zero attached hydrogens (tertiary/aromatic N) is 1. The molecular weight excluding hydrogens is 394 g/mol. The number of sulfonamides is 1. The summed E-state index contributed by atoms with van der Waals surface area (Å²) in [4.78, 5) is 24.4. The summed E-state index contributed by atoms with van der Waals surface area (Å²) in [5.41, 5.74) is 0. The van der Waals surface area contributed by atoms with Gasteiger partial charge < -0.3 is 14.6 Å². The monoisotopic (exact) mass is 415 g/mol. The fourth-order valence-corrected chi connectivity index (χ4v) is 4.11. The average molecular weight is 415 g/mol. The number of anilines is 1. The summed E-state index contributed by atoms with van der Waals surface area (Å²) in [5.74, 6) is -0.655. The maximum absolute atomic E-state index is 12.3. The first-order valence-electron chi connectivity index (χ1n) is 8.28. The van der Waals surface area contributed by atoms with Crippen molar-refractivity contribution in [1.82, 2.24) is 9.88 Å². The number of ether oxygens (including phenoxy) is 1. The van der Waals surface area contributed by atoms with Crippen molar-refractivity contribution in [3.8, 4) is 0 Å². The third-order valence-corrected chi connectivity index (χ3v) is 6.23. The van der Waals surface area contributed by atoms with Gasteiger partial charge >= 0.3 is 5.97 Å². The Morgan fingerprint density at radius 3 is 2.78 bits per heavy atom. The molecule has 27 heavy (non-hydrogen) atoms. The van der Waals surface area contributed by atoms with Crippen LogP contribution in [0.25, 0.3) is 0 Å². The van der Waals surface area contributed by atoms with Crippen molar-refractivity contribution < 1.29 is 27.3 Å². The Labute approximate surface area is 161 Å². The zero-order chi connectivity index (χ0) is 19.9. The van der Waals surface area contributed by atoms with Crippen LogP contribution in [0, 0.1) is 6.92 Å². The molecule has 0 fully saturated rings. The minimum Gasteiger partial charge on any atom is -0.451 e. The van der Waals surface area contributed by atoms with Crippen molar-refractivity contribution in [2.75, 3.05) is 11.9 Å². The predicted molar refractivity (Wildman–Crippen MR) is 98.8 cm³/mol. The van der Waals surface area contributed by atoms with E-state index in [1.165, 1.54) is 12.1 Å². The van der Waals surface area contributed by atoms with Crippen LogP contribution < -0.4 is 10.0 Å². The van der Waals surface area contributed by atoms with E-state index in [1.54, 1.807) is 18.4 Å². The molecule has 0 aliphatic rings. The first kappa shape index (κ1) is 21.1. The van der Waals surface area contributed by atoms with Crippen molar-refractivity contribution >= 4 is 39.1 Å². The quantitative estimate of drug-likeness (QED) is 0.569. The van der Waals surface area contributed by atoms with Crippen LogP contribution in [0.15, 0.2) is 32.3 Å². The van der Waals surface area contributed by atoms with E-state index in [9.17, 15) is 18.0 Å². The molecule has 1 atom stereocenters. The topological polar surface area (TPSA) is 128 Å². The van der Waals surface area contributed by atoms with Crippen molar-refractivity contribution in [2.45, 2.75) is 43.4 Å². The molecule has 0 bridgehead atoms. The number of rotatable bonds is 10. The van der Waals surface area contributed by atoms with Gasteiger partial charge in [-0.15, -0.1) is 11.3 Å². The number of carbonyl (C=O) groups is 2. The molecule has 0 radical (unpaired) electrons. The Morgan fingerprint density at radius 1 is 1.41 bits per heavy atom. The summed E-state index contributed by atoms with van der Waals surface area (Å²) >= 11 is 1.03. The van der Waals surface area contributed by atoms with E-state index >= 15 is 0 Å². The SMILES string of the molecule is CCCCC(OC(=O)CNS(=O)(=O)c1cccs1)C(=O)Nc1cc(C)on1. The van der Waals surface area contributed by atoms with Crippen molar-refractivity contribution in [1.29, 1.82) is 0 Å². The predicted octanol–water partition coefficient (Wildman–Crippen LogP) is 2.06. The molecule has 0 spiro atoms. The van der Waals surface area contributed by atoms with E-state index < -0.39 is 34.5 Å². The lowest BCUT2D eigenvalue weighted by Gasteiger charge is -2.16. The molecule has 0 aromatic carbocycles. The zero-order valence-electron chi connectivity index (χ0n) is 14.9. The number of nitrogens with one attached hydrogen (secondary N) is 2. The number of unbranched alkanes of at least 4 members (excludes halogenated alkanes) is 1. The molecule has 1 unspecified atom stereocenters. The van der Waals surface area contributed by atoms with Crippen LogP contribution in [-0.2, 0) is 24.3 Å². The van der Waals surface area contributed by atoms with Gasteiger partial charge in [0.25, 0.3) is 15.9 Å². The number of hydrogen-bond donors (Lipinski definition) is 2. The highest BCUT2D eigenvalue weighted by Crippen LogP contribution is 2.15. The van der Waals surface area contributed by atoms with Gasteiger partial charge in [-0.25, -0.2) is 8.42 Å². The second-order valence-corrected chi connectivity index (χ2v) is 8.63. The van der Waals surface area contributed by atoms with Gasteiger partial charge in [-0.1, -0.05) is 24.6 Å². The standard InChI is InChI=1S/C16H21N3O6S2/c1-3-4-6-12(16(21)18-13-9-11(2)25-19-13)24-14(20)10-17-27(22,23)15-7-5-8-26-15/h5,7-9,12,17H,3-4,6,10H2,1-2H3,(H,18,19,21). The van der Waals surface area contributed by atoms with E-state index in [0.717, 1.165) is 17.8 Å². The molecule has 2 N–H and O–H groups in total. The molecule has 9 nitrogen and oxygen atoms in total. The molecule has 0 saturated carbocycles. The van der Waals surface area contributed by atoms with Crippen LogP contribution in [0.4, 0.5) is 5.82 Å². The third-order valence-electron chi connectivity index (χ3n) is 3.43. The summed E-state index contributed by atoms with van der Waals surface area (Å²) in [6.45, 7) is 3.04. The Kier molecular flexibility index (Phi) is 7.51. The number of hydrogen-bond acceptors (Lipinski definition) is 8. The lowest BCUT2D eigenvalue weighted by Crippen LogP contribution is -2.37.